The Labute approximate surface area is 152 Å². The van der Waals surface area contributed by atoms with Gasteiger partial charge in [-0.15, -0.1) is 0 Å². The zero-order valence-electron chi connectivity index (χ0n) is 14.2. The number of halogens is 3. The van der Waals surface area contributed by atoms with Crippen LogP contribution in [0.1, 0.15) is 23.0 Å². The smallest absolute Gasteiger partial charge is 0.433 e. The molecule has 5 nitrogen and oxygen atoms in total. The number of ether oxygens (including phenoxy) is 1. The van der Waals surface area contributed by atoms with Crippen molar-refractivity contribution < 1.29 is 22.7 Å². The first kappa shape index (κ1) is 18.5. The SMILES string of the molecule is CCOC(=O)c1cc(-c2ccccn2)nc(-c2cccc(C(F)(F)F)n2)c1. The molecular weight excluding hydrogens is 359 g/mol. The van der Waals surface area contributed by atoms with Gasteiger partial charge in [-0.1, -0.05) is 12.1 Å². The van der Waals surface area contributed by atoms with Crippen LogP contribution in [0.3, 0.4) is 0 Å². The first-order valence-electron chi connectivity index (χ1n) is 8.03. The summed E-state index contributed by atoms with van der Waals surface area (Å²) in [5, 5.41) is 0. The Hall–Kier alpha value is -3.29. The summed E-state index contributed by atoms with van der Waals surface area (Å²) in [5.74, 6) is -0.606. The summed E-state index contributed by atoms with van der Waals surface area (Å²) in [7, 11) is 0. The molecule has 8 heteroatoms. The molecule has 0 amide bonds. The van der Waals surface area contributed by atoms with Crippen molar-refractivity contribution in [3.8, 4) is 22.8 Å². The van der Waals surface area contributed by atoms with E-state index in [0.717, 1.165) is 6.07 Å². The molecule has 0 bridgehead atoms. The highest BCUT2D eigenvalue weighted by Crippen LogP contribution is 2.30. The second kappa shape index (κ2) is 7.53. The summed E-state index contributed by atoms with van der Waals surface area (Å²) in [5.41, 5.74) is 0.0251. The minimum atomic E-state index is -4.58. The largest absolute Gasteiger partial charge is 0.462 e. The predicted molar refractivity (Wildman–Crippen MR) is 91.7 cm³/mol. The van der Waals surface area contributed by atoms with Crippen molar-refractivity contribution in [2.75, 3.05) is 6.61 Å². The van der Waals surface area contributed by atoms with Crippen LogP contribution in [0.25, 0.3) is 22.8 Å². The maximum absolute atomic E-state index is 13.0. The van der Waals surface area contributed by atoms with Gasteiger partial charge in [0.1, 0.15) is 5.69 Å². The van der Waals surface area contributed by atoms with Crippen molar-refractivity contribution in [1.29, 1.82) is 0 Å². The molecule has 0 aliphatic carbocycles. The number of alkyl halides is 3. The highest BCUT2D eigenvalue weighted by molar-refractivity contribution is 5.91. The van der Waals surface area contributed by atoms with E-state index in [1.165, 1.54) is 24.3 Å². The van der Waals surface area contributed by atoms with Crippen molar-refractivity contribution in [3.63, 3.8) is 0 Å². The first-order chi connectivity index (χ1) is 12.9. The van der Waals surface area contributed by atoms with Gasteiger partial charge in [-0.25, -0.2) is 14.8 Å². The lowest BCUT2D eigenvalue weighted by molar-refractivity contribution is -0.141. The molecule has 0 spiro atoms. The Morgan fingerprint density at radius 2 is 1.67 bits per heavy atom. The topological polar surface area (TPSA) is 65.0 Å². The highest BCUT2D eigenvalue weighted by atomic mass is 19.4. The molecule has 0 unspecified atom stereocenters. The van der Waals surface area contributed by atoms with E-state index in [1.54, 1.807) is 31.3 Å². The fourth-order valence-corrected chi connectivity index (χ4v) is 2.37. The Balaban J connectivity index is 2.15. The third-order valence-electron chi connectivity index (χ3n) is 3.57. The molecule has 0 fully saturated rings. The van der Waals surface area contributed by atoms with Crippen molar-refractivity contribution in [3.05, 3.63) is 66.0 Å². The fraction of sp³-hybridized carbons (Fsp3) is 0.158. The average Bonchev–Trinajstić information content (AvgIpc) is 2.68. The maximum atomic E-state index is 13.0. The molecule has 0 aliphatic rings. The van der Waals surface area contributed by atoms with Crippen molar-refractivity contribution in [2.45, 2.75) is 13.1 Å². The van der Waals surface area contributed by atoms with Crippen LogP contribution in [-0.4, -0.2) is 27.5 Å². The summed E-state index contributed by atoms with van der Waals surface area (Å²) in [6.45, 7) is 1.82. The second-order valence-electron chi connectivity index (χ2n) is 5.47. The Kier molecular flexibility index (Phi) is 5.16. The normalized spacial score (nSPS) is 11.3. The lowest BCUT2D eigenvalue weighted by Gasteiger charge is -2.10. The Bertz CT molecular complexity index is 960. The van der Waals surface area contributed by atoms with Crippen LogP contribution in [0.5, 0.6) is 0 Å². The number of carbonyl (C=O) groups excluding carboxylic acids is 1. The van der Waals surface area contributed by atoms with Gasteiger partial charge in [-0.2, -0.15) is 13.2 Å². The molecule has 0 atom stereocenters. The second-order valence-corrected chi connectivity index (χ2v) is 5.47. The van der Waals surface area contributed by atoms with Crippen LogP contribution in [0, 0.1) is 0 Å². The molecule has 0 radical (unpaired) electrons. The minimum absolute atomic E-state index is 0.00634. The number of aromatic nitrogens is 3. The van der Waals surface area contributed by atoms with Crippen molar-refractivity contribution in [2.24, 2.45) is 0 Å². The average molecular weight is 373 g/mol. The molecule has 0 saturated carbocycles. The molecule has 3 aromatic heterocycles. The predicted octanol–water partition coefficient (Wildman–Crippen LogP) is 4.40. The fourth-order valence-electron chi connectivity index (χ4n) is 2.37. The number of nitrogens with zero attached hydrogens (tertiary/aromatic N) is 3. The van der Waals surface area contributed by atoms with Crippen LogP contribution in [0.4, 0.5) is 13.2 Å². The molecule has 3 aromatic rings. The van der Waals surface area contributed by atoms with E-state index >= 15 is 0 Å². The van der Waals surface area contributed by atoms with E-state index in [-0.39, 0.29) is 23.6 Å². The molecule has 0 saturated heterocycles. The summed E-state index contributed by atoms with van der Waals surface area (Å²) in [6, 6.07) is 11.5. The van der Waals surface area contributed by atoms with E-state index in [4.69, 9.17) is 4.74 Å². The van der Waals surface area contributed by atoms with Gasteiger partial charge < -0.3 is 4.74 Å². The van der Waals surface area contributed by atoms with Gasteiger partial charge >= 0.3 is 12.1 Å². The minimum Gasteiger partial charge on any atom is -0.462 e. The molecule has 3 heterocycles. The van der Waals surface area contributed by atoms with Gasteiger partial charge in [0.15, 0.2) is 0 Å². The highest BCUT2D eigenvalue weighted by Gasteiger charge is 2.32. The molecule has 0 aromatic carbocycles. The van der Waals surface area contributed by atoms with Crippen LogP contribution < -0.4 is 0 Å². The number of carbonyl (C=O) groups is 1. The molecule has 138 valence electrons. The lowest BCUT2D eigenvalue weighted by Crippen LogP contribution is -2.09. The third kappa shape index (κ3) is 4.28. The molecule has 0 aliphatic heterocycles. The van der Waals surface area contributed by atoms with Crippen LogP contribution in [0.2, 0.25) is 0 Å². The van der Waals surface area contributed by atoms with Gasteiger partial charge in [0, 0.05) is 6.20 Å². The van der Waals surface area contributed by atoms with Crippen LogP contribution in [0.15, 0.2) is 54.7 Å². The first-order valence-corrected chi connectivity index (χ1v) is 8.03. The lowest BCUT2D eigenvalue weighted by atomic mass is 10.1. The van der Waals surface area contributed by atoms with Crippen LogP contribution >= 0.6 is 0 Å². The molecule has 3 rings (SSSR count). The number of hydrogen-bond acceptors (Lipinski definition) is 5. The molecule has 27 heavy (non-hydrogen) atoms. The summed E-state index contributed by atoms with van der Waals surface area (Å²) in [6.07, 6.45) is -3.03. The summed E-state index contributed by atoms with van der Waals surface area (Å²) in [4.78, 5) is 24.3. The number of hydrogen-bond donors (Lipinski definition) is 0. The third-order valence-corrected chi connectivity index (χ3v) is 3.57. The number of rotatable bonds is 4. The summed E-state index contributed by atoms with van der Waals surface area (Å²) >= 11 is 0. The van der Waals surface area contributed by atoms with E-state index in [0.29, 0.717) is 11.4 Å². The van der Waals surface area contributed by atoms with E-state index < -0.39 is 17.8 Å². The maximum Gasteiger partial charge on any atom is 0.433 e. The Morgan fingerprint density at radius 3 is 2.30 bits per heavy atom. The van der Waals surface area contributed by atoms with Crippen molar-refractivity contribution >= 4 is 5.97 Å². The number of esters is 1. The van der Waals surface area contributed by atoms with E-state index in [9.17, 15) is 18.0 Å². The van der Waals surface area contributed by atoms with Gasteiger partial charge in [-0.3, -0.25) is 4.98 Å². The van der Waals surface area contributed by atoms with Gasteiger partial charge in [0.25, 0.3) is 0 Å². The molecule has 0 N–H and O–H groups in total. The Morgan fingerprint density at radius 1 is 0.963 bits per heavy atom. The summed E-state index contributed by atoms with van der Waals surface area (Å²) < 4.78 is 43.9. The van der Waals surface area contributed by atoms with E-state index in [2.05, 4.69) is 15.0 Å². The quantitative estimate of drug-likeness (QED) is 0.634. The van der Waals surface area contributed by atoms with Gasteiger partial charge in [0.2, 0.25) is 0 Å². The van der Waals surface area contributed by atoms with Gasteiger partial charge in [-0.05, 0) is 43.3 Å². The standard InChI is InChI=1S/C19H14F3N3O2/c1-2-27-18(26)12-10-15(13-6-3-4-9-23-13)24-16(11-12)14-7-5-8-17(25-14)19(20,21)22/h3-11H,2H2,1H3. The monoisotopic (exact) mass is 373 g/mol. The number of pyridine rings is 3. The molecular formula is C19H14F3N3O2. The van der Waals surface area contributed by atoms with Crippen LogP contribution in [-0.2, 0) is 10.9 Å². The van der Waals surface area contributed by atoms with E-state index in [1.807, 2.05) is 0 Å². The van der Waals surface area contributed by atoms with Crippen molar-refractivity contribution in [1.82, 2.24) is 15.0 Å². The zero-order chi connectivity index (χ0) is 19.4. The zero-order valence-corrected chi connectivity index (χ0v) is 14.2. The van der Waals surface area contributed by atoms with Gasteiger partial charge in [0.05, 0.1) is 34.9 Å².